The zero-order valence-corrected chi connectivity index (χ0v) is 42.2. The minimum absolute atomic E-state index is 0.101. The predicted molar refractivity (Wildman–Crippen MR) is 318 cm³/mol. The molecular formula is C72H55N3. The van der Waals surface area contributed by atoms with E-state index < -0.39 is 0 Å². The Morgan fingerprint density at radius 2 is 0.880 bits per heavy atom. The first-order chi connectivity index (χ1) is 36.9. The van der Waals surface area contributed by atoms with Crippen LogP contribution in [0.4, 0.5) is 34.1 Å². The molecule has 1 aliphatic rings. The van der Waals surface area contributed by atoms with Crippen molar-refractivity contribution in [2.45, 2.75) is 25.7 Å². The Morgan fingerprint density at radius 3 is 1.53 bits per heavy atom. The molecule has 3 nitrogen and oxygen atoms in total. The van der Waals surface area contributed by atoms with Crippen molar-refractivity contribution in [3.8, 4) is 27.9 Å². The highest BCUT2D eigenvalue weighted by Crippen LogP contribution is 2.51. The largest absolute Gasteiger partial charge is 0.311 e. The molecule has 0 fully saturated rings. The highest BCUT2D eigenvalue weighted by Gasteiger charge is 2.35. The minimum Gasteiger partial charge on any atom is -0.311 e. The van der Waals surface area contributed by atoms with Crippen LogP contribution < -0.4 is 9.80 Å². The smallest absolute Gasteiger partial charge is 0.0541 e. The number of aromatic nitrogens is 1. The molecule has 1 aromatic heterocycles. The molecule has 3 heteroatoms. The minimum atomic E-state index is -0.101. The molecule has 0 saturated heterocycles. The molecule has 0 radical (unpaired) electrons. The number of fused-ring (bicyclic) bond motifs is 6. The molecule has 13 rings (SSSR count). The summed E-state index contributed by atoms with van der Waals surface area (Å²) in [5.74, 6) is 0. The molecule has 1 aliphatic carbocycles. The quantitative estimate of drug-likeness (QED) is 0.113. The van der Waals surface area contributed by atoms with E-state index in [1.807, 2.05) is 0 Å². The lowest BCUT2D eigenvalue weighted by molar-refractivity contribution is 0.660. The first kappa shape index (κ1) is 45.4. The monoisotopic (exact) mass is 961 g/mol. The molecule has 12 aromatic rings. The van der Waals surface area contributed by atoms with Crippen LogP contribution in [-0.2, 0) is 11.8 Å². The summed E-state index contributed by atoms with van der Waals surface area (Å²) in [7, 11) is 0. The van der Waals surface area contributed by atoms with E-state index in [4.69, 9.17) is 0 Å². The molecule has 358 valence electrons. The van der Waals surface area contributed by atoms with Gasteiger partial charge in [0.1, 0.15) is 0 Å². The van der Waals surface area contributed by atoms with E-state index >= 15 is 0 Å². The zero-order chi connectivity index (χ0) is 50.3. The van der Waals surface area contributed by atoms with E-state index in [-0.39, 0.29) is 5.41 Å². The van der Waals surface area contributed by atoms with Crippen LogP contribution >= 0.6 is 0 Å². The van der Waals surface area contributed by atoms with E-state index in [2.05, 4.69) is 313 Å². The van der Waals surface area contributed by atoms with E-state index in [1.54, 1.807) is 0 Å². The van der Waals surface area contributed by atoms with Gasteiger partial charge in [0.2, 0.25) is 0 Å². The summed E-state index contributed by atoms with van der Waals surface area (Å²) in [6, 6.07) is 102. The maximum absolute atomic E-state index is 2.41. The van der Waals surface area contributed by atoms with Gasteiger partial charge in [-0.25, -0.2) is 0 Å². The van der Waals surface area contributed by atoms with Crippen LogP contribution in [0.25, 0.3) is 61.4 Å². The molecule has 0 N–H and O–H groups in total. The van der Waals surface area contributed by atoms with Gasteiger partial charge in [-0.1, -0.05) is 196 Å². The van der Waals surface area contributed by atoms with Crippen LogP contribution in [0.15, 0.2) is 279 Å². The Morgan fingerprint density at radius 1 is 0.387 bits per heavy atom. The van der Waals surface area contributed by atoms with Crippen molar-refractivity contribution >= 4 is 67.6 Å². The first-order valence-electron chi connectivity index (χ1n) is 26.0. The fourth-order valence-corrected chi connectivity index (χ4v) is 11.5. The van der Waals surface area contributed by atoms with Crippen molar-refractivity contribution in [3.05, 3.63) is 307 Å². The molecule has 0 amide bonds. The summed E-state index contributed by atoms with van der Waals surface area (Å²) in [6.45, 7) is 4.71. The molecule has 75 heavy (non-hydrogen) atoms. The second-order valence-electron chi connectivity index (χ2n) is 20.2. The molecule has 0 spiro atoms. The van der Waals surface area contributed by atoms with Gasteiger partial charge in [-0.3, -0.25) is 0 Å². The molecule has 0 atom stereocenters. The van der Waals surface area contributed by atoms with Crippen LogP contribution in [0.5, 0.6) is 0 Å². The van der Waals surface area contributed by atoms with Crippen LogP contribution in [0.3, 0.4) is 0 Å². The van der Waals surface area contributed by atoms with E-state index in [9.17, 15) is 0 Å². The Bertz CT molecular complexity index is 3970. The maximum atomic E-state index is 2.41. The van der Waals surface area contributed by atoms with Gasteiger partial charge in [-0.05, 0) is 165 Å². The van der Waals surface area contributed by atoms with Crippen LogP contribution in [-0.4, -0.2) is 4.57 Å². The van der Waals surface area contributed by atoms with E-state index in [1.165, 1.54) is 77.6 Å². The third-order valence-corrected chi connectivity index (χ3v) is 15.2. The fraction of sp³-hybridized carbons (Fsp3) is 0.0556. The van der Waals surface area contributed by atoms with Crippen molar-refractivity contribution in [1.82, 2.24) is 4.57 Å². The number of anilines is 6. The summed E-state index contributed by atoms with van der Waals surface area (Å²) in [4.78, 5) is 4.71. The van der Waals surface area contributed by atoms with Crippen LogP contribution in [0.2, 0.25) is 0 Å². The lowest BCUT2D eigenvalue weighted by Gasteiger charge is -2.28. The number of allylic oxidation sites excluding steroid dienone is 1. The predicted octanol–water partition coefficient (Wildman–Crippen LogP) is 19.5. The van der Waals surface area contributed by atoms with Gasteiger partial charge in [0, 0.05) is 56.0 Å². The SMILES string of the molecule is CC1(C)c2ccccc2-c2ccc(N(c3ccccc3)c3ccc(C/C(=C/c4ccc(-c5ccc6c(c5)c5ccccc5n6-c5ccccc5)cc4)c4ccc(N(c5ccccc5)c5ccccc5)cc4)cc3)cc21. The number of nitrogens with zero attached hydrogens (tertiary/aromatic N) is 3. The third kappa shape index (κ3) is 8.49. The highest BCUT2D eigenvalue weighted by molar-refractivity contribution is 6.10. The molecule has 11 aromatic carbocycles. The first-order valence-corrected chi connectivity index (χ1v) is 26.0. The lowest BCUT2D eigenvalue weighted by Crippen LogP contribution is -2.16. The Labute approximate surface area is 440 Å². The van der Waals surface area contributed by atoms with Gasteiger partial charge < -0.3 is 14.4 Å². The molecule has 0 unspecified atom stereocenters. The van der Waals surface area contributed by atoms with Gasteiger partial charge in [0.25, 0.3) is 0 Å². The Hall–Kier alpha value is -9.44. The van der Waals surface area contributed by atoms with Gasteiger partial charge in [-0.15, -0.1) is 0 Å². The number of benzene rings is 11. The van der Waals surface area contributed by atoms with E-state index in [0.717, 1.165) is 46.1 Å². The Balaban J connectivity index is 0.856. The standard InChI is InChI=1S/C72H55N3/c1-72(2)68-29-17-15-27-64(68)65-45-44-63(50-69(65)72)74(59-23-11-5-12-24-59)61-40-33-52(34-41-61)48-56(54-37-42-62(43-38-54)73(57-19-7-3-8-20-57)58-21-9-4-10-22-58)47-51-31-35-53(36-32-51)55-39-46-71-67(49-55)66-28-16-18-30-70(66)75(71)60-25-13-6-14-26-60/h3-47,49-50H,48H2,1-2H3/b56-47-. The van der Waals surface area contributed by atoms with Crippen molar-refractivity contribution in [3.63, 3.8) is 0 Å². The number of rotatable bonds is 12. The zero-order valence-electron chi connectivity index (χ0n) is 42.2. The van der Waals surface area contributed by atoms with E-state index in [0.29, 0.717) is 0 Å². The van der Waals surface area contributed by atoms with Crippen molar-refractivity contribution in [1.29, 1.82) is 0 Å². The average Bonchev–Trinajstić information content (AvgIpc) is 3.96. The summed E-state index contributed by atoms with van der Waals surface area (Å²) in [5.41, 5.74) is 22.8. The average molecular weight is 962 g/mol. The fourth-order valence-electron chi connectivity index (χ4n) is 11.5. The van der Waals surface area contributed by atoms with Crippen LogP contribution in [0.1, 0.15) is 41.7 Å². The number of para-hydroxylation sites is 5. The second-order valence-corrected chi connectivity index (χ2v) is 20.2. The summed E-state index contributed by atoms with van der Waals surface area (Å²) < 4.78 is 2.37. The molecule has 0 saturated carbocycles. The lowest BCUT2D eigenvalue weighted by atomic mass is 9.82. The van der Waals surface area contributed by atoms with Crippen molar-refractivity contribution in [2.24, 2.45) is 0 Å². The molecule has 0 aliphatic heterocycles. The summed E-state index contributed by atoms with van der Waals surface area (Å²) >= 11 is 0. The van der Waals surface area contributed by atoms with Gasteiger partial charge in [-0.2, -0.15) is 0 Å². The van der Waals surface area contributed by atoms with Crippen molar-refractivity contribution < 1.29 is 0 Å². The Kier molecular flexibility index (Phi) is 11.6. The number of hydrogen-bond donors (Lipinski definition) is 0. The van der Waals surface area contributed by atoms with Crippen molar-refractivity contribution in [2.75, 3.05) is 9.80 Å². The summed E-state index contributed by atoms with van der Waals surface area (Å²) in [6.07, 6.45) is 3.12. The molecule has 0 bridgehead atoms. The summed E-state index contributed by atoms with van der Waals surface area (Å²) in [5, 5.41) is 2.50. The highest BCUT2D eigenvalue weighted by atomic mass is 15.1. The molecule has 1 heterocycles. The van der Waals surface area contributed by atoms with Crippen LogP contribution in [0, 0.1) is 0 Å². The van der Waals surface area contributed by atoms with Gasteiger partial charge in [0.15, 0.2) is 0 Å². The molecular weight excluding hydrogens is 907 g/mol. The van der Waals surface area contributed by atoms with Gasteiger partial charge >= 0.3 is 0 Å². The maximum Gasteiger partial charge on any atom is 0.0541 e. The second kappa shape index (κ2) is 19.2. The van der Waals surface area contributed by atoms with Gasteiger partial charge in [0.05, 0.1) is 11.0 Å². The normalized spacial score (nSPS) is 12.6. The third-order valence-electron chi connectivity index (χ3n) is 15.2. The topological polar surface area (TPSA) is 11.4 Å². The number of hydrogen-bond acceptors (Lipinski definition) is 2.